The number of aromatic nitrogens is 2. The molecule has 7 nitrogen and oxygen atoms in total. The van der Waals surface area contributed by atoms with Gasteiger partial charge in [-0.2, -0.15) is 0 Å². The van der Waals surface area contributed by atoms with Crippen LogP contribution in [0.1, 0.15) is 49.8 Å². The number of likely N-dealkylation sites (tertiary alicyclic amines) is 1. The molecule has 1 aromatic carbocycles. The molecule has 1 aromatic heterocycles. The van der Waals surface area contributed by atoms with Crippen LogP contribution >= 0.6 is 0 Å². The van der Waals surface area contributed by atoms with Crippen LogP contribution in [0.15, 0.2) is 18.2 Å². The molecule has 0 unspecified atom stereocenters. The van der Waals surface area contributed by atoms with Crippen molar-refractivity contribution in [2.75, 3.05) is 26.7 Å². The Morgan fingerprint density at radius 1 is 1.09 bits per heavy atom. The lowest BCUT2D eigenvalue weighted by Crippen LogP contribution is -2.57. The fourth-order valence-electron chi connectivity index (χ4n) is 4.34. The monoisotopic (exact) mass is 459 g/mol. The second kappa shape index (κ2) is 8.85. The largest absolute Gasteiger partial charge is 0.341 e. The molecule has 1 N–H and O–H groups in total. The van der Waals surface area contributed by atoms with Crippen molar-refractivity contribution < 1.29 is 18.4 Å². The van der Waals surface area contributed by atoms with Crippen molar-refractivity contribution >= 4 is 11.8 Å². The molecule has 0 bridgehead atoms. The van der Waals surface area contributed by atoms with Crippen LogP contribution in [-0.2, 0) is 17.9 Å². The Labute approximate surface area is 192 Å². The van der Waals surface area contributed by atoms with Gasteiger partial charge in [-0.25, -0.2) is 13.8 Å². The number of halogens is 2. The van der Waals surface area contributed by atoms with Crippen molar-refractivity contribution in [3.8, 4) is 11.4 Å². The number of hydrogen-bond acceptors (Lipinski definition) is 4. The summed E-state index contributed by atoms with van der Waals surface area (Å²) in [6, 6.07) is 2.51. The van der Waals surface area contributed by atoms with Crippen LogP contribution in [0.25, 0.3) is 11.4 Å². The van der Waals surface area contributed by atoms with Gasteiger partial charge in [-0.1, -0.05) is 20.8 Å². The van der Waals surface area contributed by atoms with Crippen molar-refractivity contribution in [3.05, 3.63) is 41.2 Å². The zero-order chi connectivity index (χ0) is 23.9. The van der Waals surface area contributed by atoms with Crippen LogP contribution in [0, 0.1) is 17.0 Å². The van der Waals surface area contributed by atoms with Crippen molar-refractivity contribution in [3.63, 3.8) is 0 Å². The number of nitrogens with one attached hydrogen (secondary N) is 1. The summed E-state index contributed by atoms with van der Waals surface area (Å²) < 4.78 is 30.4. The first-order valence-electron chi connectivity index (χ1n) is 11.4. The molecule has 0 spiro atoms. The number of rotatable bonds is 4. The van der Waals surface area contributed by atoms with E-state index in [9.17, 15) is 18.4 Å². The Morgan fingerprint density at radius 2 is 1.79 bits per heavy atom. The van der Waals surface area contributed by atoms with E-state index in [1.54, 1.807) is 9.47 Å². The van der Waals surface area contributed by atoms with E-state index < -0.39 is 29.0 Å². The van der Waals surface area contributed by atoms with E-state index in [0.717, 1.165) is 37.6 Å². The zero-order valence-corrected chi connectivity index (χ0v) is 19.6. The molecule has 178 valence electrons. The molecule has 0 aliphatic carbocycles. The summed E-state index contributed by atoms with van der Waals surface area (Å²) in [5.74, 6) is -1.54. The van der Waals surface area contributed by atoms with Crippen molar-refractivity contribution in [1.82, 2.24) is 24.7 Å². The molecule has 4 rings (SSSR count). The maximum Gasteiger partial charge on any atom is 0.272 e. The van der Waals surface area contributed by atoms with E-state index in [0.29, 0.717) is 31.9 Å². The Morgan fingerprint density at radius 3 is 2.42 bits per heavy atom. The molecule has 2 aliphatic heterocycles. The smallest absolute Gasteiger partial charge is 0.272 e. The Kier molecular flexibility index (Phi) is 6.26. The standard InChI is InChI=1S/C24H31F2N5O2/c1-24(2,3)20(23(33)30-10-6-11-30)28-22(32)19-18-14-29(4)9-5-12-31(18)21(27-19)16-13-15(25)7-8-17(16)26/h7-8,13,20H,5-6,9-12,14H2,1-4H3,(H,28,32)/t20-/m1/s1. The number of carbonyl (C=O) groups is 2. The molecule has 1 fully saturated rings. The normalized spacial score (nSPS) is 17.7. The van der Waals surface area contributed by atoms with E-state index >= 15 is 0 Å². The van der Waals surface area contributed by atoms with Gasteiger partial charge in [-0.05, 0) is 50.0 Å². The average molecular weight is 460 g/mol. The fourth-order valence-corrected chi connectivity index (χ4v) is 4.34. The lowest BCUT2D eigenvalue weighted by Gasteiger charge is -2.38. The first-order chi connectivity index (χ1) is 15.6. The van der Waals surface area contributed by atoms with Crippen LogP contribution < -0.4 is 5.32 Å². The second-order valence-corrected chi connectivity index (χ2v) is 10.0. The zero-order valence-electron chi connectivity index (χ0n) is 19.6. The SMILES string of the molecule is CN1CCCn2c(-c3cc(F)ccc3F)nc(C(=O)N[C@H](C(=O)N3CCC3)C(C)(C)C)c2C1. The molecule has 33 heavy (non-hydrogen) atoms. The number of imidazole rings is 1. The third-order valence-electron chi connectivity index (χ3n) is 6.35. The summed E-state index contributed by atoms with van der Waals surface area (Å²) in [4.78, 5) is 34.8. The molecule has 1 saturated heterocycles. The van der Waals surface area contributed by atoms with Crippen molar-refractivity contribution in [1.29, 1.82) is 0 Å². The highest BCUT2D eigenvalue weighted by Gasteiger charge is 2.38. The predicted molar refractivity (Wildman–Crippen MR) is 120 cm³/mol. The van der Waals surface area contributed by atoms with Crippen LogP contribution in [0.3, 0.4) is 0 Å². The topological polar surface area (TPSA) is 70.5 Å². The maximum absolute atomic E-state index is 14.6. The molecule has 9 heteroatoms. The van der Waals surface area contributed by atoms with E-state index in [1.165, 1.54) is 0 Å². The summed E-state index contributed by atoms with van der Waals surface area (Å²) >= 11 is 0. The summed E-state index contributed by atoms with van der Waals surface area (Å²) in [6.07, 6.45) is 1.74. The average Bonchev–Trinajstić information content (AvgIpc) is 2.91. The van der Waals surface area contributed by atoms with Gasteiger partial charge in [0.05, 0.1) is 11.3 Å². The minimum absolute atomic E-state index is 0.0175. The van der Waals surface area contributed by atoms with E-state index in [2.05, 4.69) is 15.2 Å². The first-order valence-corrected chi connectivity index (χ1v) is 11.4. The summed E-state index contributed by atoms with van der Waals surface area (Å²) in [7, 11) is 1.94. The molecule has 1 atom stereocenters. The minimum Gasteiger partial charge on any atom is -0.341 e. The minimum atomic E-state index is -0.722. The fraction of sp³-hybridized carbons (Fsp3) is 0.542. The van der Waals surface area contributed by atoms with Gasteiger partial charge in [0.1, 0.15) is 23.5 Å². The van der Waals surface area contributed by atoms with Crippen LogP contribution in [-0.4, -0.2) is 63.9 Å². The highest BCUT2D eigenvalue weighted by molar-refractivity contribution is 5.98. The predicted octanol–water partition coefficient (Wildman–Crippen LogP) is 3.04. The number of benzene rings is 1. The summed E-state index contributed by atoms with van der Waals surface area (Å²) in [5.41, 5.74) is 0.292. The molecule has 2 aromatic rings. The van der Waals surface area contributed by atoms with Gasteiger partial charge < -0.3 is 19.7 Å². The lowest BCUT2D eigenvalue weighted by atomic mass is 9.85. The highest BCUT2D eigenvalue weighted by Crippen LogP contribution is 2.29. The molecule has 0 saturated carbocycles. The molecule has 0 radical (unpaired) electrons. The molecule has 2 aliphatic rings. The number of carbonyl (C=O) groups excluding carboxylic acids is 2. The number of hydrogen-bond donors (Lipinski definition) is 1. The van der Waals surface area contributed by atoms with Crippen molar-refractivity contribution in [2.24, 2.45) is 5.41 Å². The third-order valence-corrected chi connectivity index (χ3v) is 6.35. The maximum atomic E-state index is 14.6. The summed E-state index contributed by atoms with van der Waals surface area (Å²) in [6.45, 7) is 8.86. The van der Waals surface area contributed by atoms with Gasteiger partial charge in [-0.15, -0.1) is 0 Å². The van der Waals surface area contributed by atoms with Crippen LogP contribution in [0.2, 0.25) is 0 Å². The number of nitrogens with zero attached hydrogens (tertiary/aromatic N) is 4. The van der Waals surface area contributed by atoms with Gasteiger partial charge in [0.15, 0.2) is 5.69 Å². The Balaban J connectivity index is 1.75. The quantitative estimate of drug-likeness (QED) is 0.763. The van der Waals surface area contributed by atoms with Gasteiger partial charge in [-0.3, -0.25) is 9.59 Å². The van der Waals surface area contributed by atoms with Gasteiger partial charge >= 0.3 is 0 Å². The lowest BCUT2D eigenvalue weighted by molar-refractivity contribution is -0.139. The van der Waals surface area contributed by atoms with Gasteiger partial charge in [0.25, 0.3) is 5.91 Å². The highest BCUT2D eigenvalue weighted by atomic mass is 19.1. The molecule has 3 heterocycles. The van der Waals surface area contributed by atoms with E-state index in [1.807, 2.05) is 27.8 Å². The summed E-state index contributed by atoms with van der Waals surface area (Å²) in [5, 5.41) is 2.91. The van der Waals surface area contributed by atoms with Crippen molar-refractivity contribution in [2.45, 2.75) is 52.7 Å². The van der Waals surface area contributed by atoms with E-state index in [4.69, 9.17) is 0 Å². The van der Waals surface area contributed by atoms with Crippen LogP contribution in [0.4, 0.5) is 8.78 Å². The molecule has 2 amide bonds. The van der Waals surface area contributed by atoms with Crippen LogP contribution in [0.5, 0.6) is 0 Å². The Bertz CT molecular complexity index is 1070. The Hall–Kier alpha value is -2.81. The third kappa shape index (κ3) is 4.64. The van der Waals surface area contributed by atoms with Gasteiger partial charge in [0.2, 0.25) is 5.91 Å². The number of fused-ring (bicyclic) bond motifs is 1. The molecular weight excluding hydrogens is 428 g/mol. The van der Waals surface area contributed by atoms with E-state index in [-0.39, 0.29) is 23.0 Å². The second-order valence-electron chi connectivity index (χ2n) is 10.0. The number of amides is 2. The molecular formula is C24H31F2N5O2. The first kappa shape index (κ1) is 23.4. The van der Waals surface area contributed by atoms with Gasteiger partial charge in [0, 0.05) is 26.2 Å².